The van der Waals surface area contributed by atoms with E-state index < -0.39 is 66.3 Å². The molecule has 0 bridgehead atoms. The normalized spacial score (nSPS) is 14.6. The molecule has 16 heteroatoms. The Hall–Kier alpha value is -6.71. The van der Waals surface area contributed by atoms with Crippen molar-refractivity contribution in [3.05, 3.63) is 112 Å². The number of aliphatic carboxylic acids is 1. The molecule has 3 amide bonds. The van der Waals surface area contributed by atoms with Crippen LogP contribution in [0.4, 0.5) is 5.69 Å². The summed E-state index contributed by atoms with van der Waals surface area (Å²) in [5.41, 5.74) is 0.706. The van der Waals surface area contributed by atoms with Crippen LogP contribution in [0, 0.1) is 6.92 Å². The van der Waals surface area contributed by atoms with E-state index in [-0.39, 0.29) is 30.8 Å². The Labute approximate surface area is 295 Å². The number of carboxylic acids is 1. The van der Waals surface area contributed by atoms with Crippen LogP contribution in [0.15, 0.2) is 88.1 Å². The Balaban J connectivity index is 1.26. The van der Waals surface area contributed by atoms with E-state index in [1.807, 2.05) is 18.2 Å². The molecule has 1 aliphatic rings. The van der Waals surface area contributed by atoms with Gasteiger partial charge < -0.3 is 24.9 Å². The smallest absolute Gasteiger partial charge is 0.339 e. The van der Waals surface area contributed by atoms with Crippen molar-refractivity contribution in [3.63, 3.8) is 0 Å². The number of nitrogens with zero attached hydrogens (tertiary/aromatic N) is 4. The Kier molecular flexibility index (Phi) is 10.4. The van der Waals surface area contributed by atoms with E-state index in [9.17, 15) is 33.9 Å². The zero-order chi connectivity index (χ0) is 36.8. The largest absolute Gasteiger partial charge is 0.485 e. The highest BCUT2D eigenvalue weighted by Gasteiger charge is 2.42. The quantitative estimate of drug-likeness (QED) is 0.130. The minimum absolute atomic E-state index is 0.0305. The fourth-order valence-corrected chi connectivity index (χ4v) is 6.12. The summed E-state index contributed by atoms with van der Waals surface area (Å²) in [4.78, 5) is 80.3. The van der Waals surface area contributed by atoms with Crippen LogP contribution in [-0.4, -0.2) is 79.9 Å². The molecule has 0 spiro atoms. The van der Waals surface area contributed by atoms with Gasteiger partial charge in [-0.05, 0) is 41.8 Å². The standard InChI is InChI=1S/C36H33N7O9/c1-20-15-23(17-33(47)52-20)51-19-30(44)27(18-32(45)46)38-35(49)29-16-22-8-3-5-12-28(22)43(29)36(50)26(13-14-31-39-41-42-40-31)37-34(48)25-11-6-9-21-7-2-4-10-24(21)25/h2-12,15,17,26-27,29H,13-14,16,18-19H2,1H3,(H,37,48)(H,38,49)(H,45,46)(H,39,40,41,42)/t26-,27-,29-/m0/s1. The van der Waals surface area contributed by atoms with Gasteiger partial charge in [0.25, 0.3) is 5.91 Å². The summed E-state index contributed by atoms with van der Waals surface area (Å²) in [6, 6.07) is 17.9. The van der Waals surface area contributed by atoms with E-state index in [1.165, 1.54) is 17.9 Å². The first-order chi connectivity index (χ1) is 25.1. The van der Waals surface area contributed by atoms with Gasteiger partial charge in [0.05, 0.1) is 12.5 Å². The van der Waals surface area contributed by atoms with Gasteiger partial charge in [0.15, 0.2) is 11.6 Å². The number of aryl methyl sites for hydroxylation is 2. The molecule has 6 rings (SSSR count). The molecule has 0 saturated heterocycles. The minimum Gasteiger partial charge on any atom is -0.485 e. The topological polar surface area (TPSA) is 227 Å². The van der Waals surface area contributed by atoms with Crippen LogP contribution in [0.1, 0.15) is 40.3 Å². The molecule has 0 unspecified atom stereocenters. The molecule has 4 N–H and O–H groups in total. The Bertz CT molecular complexity index is 2200. The maximum Gasteiger partial charge on any atom is 0.339 e. The highest BCUT2D eigenvalue weighted by molar-refractivity contribution is 6.11. The number of aromatic nitrogens is 4. The second-order valence-electron chi connectivity index (χ2n) is 12.1. The number of fused-ring (bicyclic) bond motifs is 2. The lowest BCUT2D eigenvalue weighted by Crippen LogP contribution is -2.57. The molecule has 1 aliphatic heterocycles. The minimum atomic E-state index is -1.54. The van der Waals surface area contributed by atoms with Crippen LogP contribution in [0.3, 0.4) is 0 Å². The third-order valence-electron chi connectivity index (χ3n) is 8.53. The third-order valence-corrected chi connectivity index (χ3v) is 8.53. The molecule has 3 atom stereocenters. The lowest BCUT2D eigenvalue weighted by molar-refractivity contribution is -0.140. The first-order valence-electron chi connectivity index (χ1n) is 16.3. The van der Waals surface area contributed by atoms with Crippen LogP contribution in [0.25, 0.3) is 10.8 Å². The molecule has 2 aromatic heterocycles. The second-order valence-corrected chi connectivity index (χ2v) is 12.1. The number of rotatable bonds is 14. The van der Waals surface area contributed by atoms with Crippen molar-refractivity contribution in [1.82, 2.24) is 31.3 Å². The number of amides is 3. The summed E-state index contributed by atoms with van der Waals surface area (Å²) in [6.07, 6.45) is -0.540. The highest BCUT2D eigenvalue weighted by Crippen LogP contribution is 2.33. The fraction of sp³-hybridized carbons (Fsp3) is 0.250. The van der Waals surface area contributed by atoms with Gasteiger partial charge in [0, 0.05) is 30.2 Å². The molecule has 0 fully saturated rings. The number of hydrogen-bond acceptors (Lipinski definition) is 11. The molecule has 0 radical (unpaired) electrons. The first-order valence-corrected chi connectivity index (χ1v) is 16.3. The van der Waals surface area contributed by atoms with E-state index in [1.54, 1.807) is 48.5 Å². The number of para-hydroxylation sites is 1. The number of benzene rings is 3. The number of ketones is 1. The van der Waals surface area contributed by atoms with Crippen LogP contribution < -0.4 is 25.9 Å². The highest BCUT2D eigenvalue weighted by atomic mass is 16.5. The van der Waals surface area contributed by atoms with E-state index in [0.29, 0.717) is 28.0 Å². The molecule has 3 aromatic carbocycles. The number of H-pyrrole nitrogens is 1. The lowest BCUT2D eigenvalue weighted by Gasteiger charge is -2.30. The number of nitrogens with one attached hydrogen (secondary N) is 3. The maximum absolute atomic E-state index is 14.6. The molecule has 266 valence electrons. The van der Waals surface area contributed by atoms with E-state index >= 15 is 0 Å². The molecule has 0 saturated carbocycles. The molecule has 0 aliphatic carbocycles. The van der Waals surface area contributed by atoms with Crippen molar-refractivity contribution in [2.75, 3.05) is 11.5 Å². The van der Waals surface area contributed by atoms with Gasteiger partial charge in [-0.2, -0.15) is 5.21 Å². The van der Waals surface area contributed by atoms with Crippen LogP contribution in [0.2, 0.25) is 0 Å². The zero-order valence-corrected chi connectivity index (χ0v) is 27.8. The van der Waals surface area contributed by atoms with Gasteiger partial charge in [-0.25, -0.2) is 4.79 Å². The third kappa shape index (κ3) is 8.01. The molecule has 3 heterocycles. The first kappa shape index (κ1) is 35.1. The number of aromatic amines is 1. The summed E-state index contributed by atoms with van der Waals surface area (Å²) in [6.45, 7) is 0.855. The van der Waals surface area contributed by atoms with Gasteiger partial charge in [-0.3, -0.25) is 28.9 Å². The van der Waals surface area contributed by atoms with Crippen molar-refractivity contribution in [2.45, 2.75) is 50.7 Å². The number of ether oxygens (including phenoxy) is 1. The molecular weight excluding hydrogens is 674 g/mol. The van der Waals surface area contributed by atoms with Gasteiger partial charge in [-0.1, -0.05) is 59.8 Å². The van der Waals surface area contributed by atoms with Crippen molar-refractivity contribution >= 4 is 45.9 Å². The summed E-state index contributed by atoms with van der Waals surface area (Å²) in [5.74, 6) is -3.51. The van der Waals surface area contributed by atoms with Crippen LogP contribution in [0.5, 0.6) is 5.75 Å². The molecular formula is C36H33N7O9. The van der Waals surface area contributed by atoms with Crippen molar-refractivity contribution in [1.29, 1.82) is 0 Å². The number of anilines is 1. The zero-order valence-electron chi connectivity index (χ0n) is 27.8. The SMILES string of the molecule is Cc1cc(OCC(=O)[C@H](CC(=O)O)NC(=O)[C@@H]2Cc3ccccc3N2C(=O)[C@H](CCc2nn[nH]n2)NC(=O)c2cccc3ccccc23)cc(=O)o1. The number of hydrogen-bond donors (Lipinski definition) is 4. The van der Waals surface area contributed by atoms with E-state index in [2.05, 4.69) is 31.3 Å². The van der Waals surface area contributed by atoms with Crippen molar-refractivity contribution < 1.29 is 38.2 Å². The number of carbonyl (C=O) groups excluding carboxylic acids is 4. The summed E-state index contributed by atoms with van der Waals surface area (Å²) in [7, 11) is 0. The summed E-state index contributed by atoms with van der Waals surface area (Å²) >= 11 is 0. The molecule has 16 nitrogen and oxygen atoms in total. The summed E-state index contributed by atoms with van der Waals surface area (Å²) < 4.78 is 10.3. The van der Waals surface area contributed by atoms with Gasteiger partial charge in [0.2, 0.25) is 11.8 Å². The Morgan fingerprint density at radius 1 is 1.00 bits per heavy atom. The maximum atomic E-state index is 14.6. The van der Waals surface area contributed by atoms with Crippen LogP contribution >= 0.6 is 0 Å². The predicted molar refractivity (Wildman–Crippen MR) is 184 cm³/mol. The van der Waals surface area contributed by atoms with Gasteiger partial charge >= 0.3 is 11.6 Å². The number of carboxylic acid groups (broad SMARTS) is 1. The predicted octanol–water partition coefficient (Wildman–Crippen LogP) is 1.91. The van der Waals surface area contributed by atoms with E-state index in [0.717, 1.165) is 11.5 Å². The fourth-order valence-electron chi connectivity index (χ4n) is 6.12. The molecule has 52 heavy (non-hydrogen) atoms. The van der Waals surface area contributed by atoms with Gasteiger partial charge in [0.1, 0.15) is 36.2 Å². The second kappa shape index (κ2) is 15.5. The number of Topliss-reactive ketones (excluding diaryl/α,β-unsaturated/α-hetero) is 1. The lowest BCUT2D eigenvalue weighted by atomic mass is 10.0. The van der Waals surface area contributed by atoms with Crippen LogP contribution in [-0.2, 0) is 32.0 Å². The van der Waals surface area contributed by atoms with Crippen molar-refractivity contribution in [3.8, 4) is 5.75 Å². The average Bonchev–Trinajstić information content (AvgIpc) is 3.79. The molecule has 5 aromatic rings. The number of carbonyl (C=O) groups is 5. The Morgan fingerprint density at radius 3 is 2.54 bits per heavy atom. The van der Waals surface area contributed by atoms with E-state index in [4.69, 9.17) is 9.15 Å². The average molecular weight is 708 g/mol. The summed E-state index contributed by atoms with van der Waals surface area (Å²) in [5, 5.41) is 30.3. The monoisotopic (exact) mass is 707 g/mol. The number of tetrazole rings is 1. The van der Waals surface area contributed by atoms with Crippen molar-refractivity contribution in [2.24, 2.45) is 0 Å². The Morgan fingerprint density at radius 2 is 1.77 bits per heavy atom. The van der Waals surface area contributed by atoms with Gasteiger partial charge in [-0.15, -0.1) is 10.2 Å².